The molecule has 1 aromatic carbocycles. The molecule has 112 valence electrons. The second-order valence-electron chi connectivity index (χ2n) is 6.44. The predicted molar refractivity (Wildman–Crippen MR) is 84.7 cm³/mol. The fraction of sp³-hybridized carbons (Fsp3) is 0.389. The van der Waals surface area contributed by atoms with Gasteiger partial charge in [0, 0.05) is 23.5 Å². The second-order valence-corrected chi connectivity index (χ2v) is 6.44. The Labute approximate surface area is 126 Å². The van der Waals surface area contributed by atoms with E-state index < -0.39 is 0 Å². The van der Waals surface area contributed by atoms with Gasteiger partial charge in [-0.05, 0) is 32.1 Å². The molecule has 1 aliphatic rings. The van der Waals surface area contributed by atoms with Gasteiger partial charge < -0.3 is 9.47 Å². The van der Waals surface area contributed by atoms with Crippen LogP contribution in [0.5, 0.6) is 11.5 Å². The van der Waals surface area contributed by atoms with Gasteiger partial charge in [0.1, 0.15) is 17.1 Å². The van der Waals surface area contributed by atoms with Crippen LogP contribution in [0.1, 0.15) is 45.7 Å². The van der Waals surface area contributed by atoms with Gasteiger partial charge in [-0.1, -0.05) is 26.0 Å². The third-order valence-electron chi connectivity index (χ3n) is 3.61. The maximum atomic E-state index is 11.4. The van der Waals surface area contributed by atoms with Crippen molar-refractivity contribution < 1.29 is 14.3 Å². The zero-order valence-electron chi connectivity index (χ0n) is 13.3. The first-order chi connectivity index (χ1) is 9.64. The zero-order chi connectivity index (χ0) is 15.8. The first-order valence-corrected chi connectivity index (χ1v) is 7.03. The minimum Gasteiger partial charge on any atom is -0.483 e. The van der Waals surface area contributed by atoms with Crippen LogP contribution < -0.4 is 9.47 Å². The molecule has 0 unspecified atom stereocenters. The third kappa shape index (κ3) is 3.18. The highest BCUT2D eigenvalue weighted by Crippen LogP contribution is 2.41. The molecule has 0 saturated carbocycles. The average molecular weight is 286 g/mol. The summed E-state index contributed by atoms with van der Waals surface area (Å²) in [6.07, 6.45) is 5.83. The van der Waals surface area contributed by atoms with Crippen molar-refractivity contribution in [1.82, 2.24) is 0 Å². The molecule has 0 aromatic heterocycles. The summed E-state index contributed by atoms with van der Waals surface area (Å²) in [6.45, 7) is 13.3. The van der Waals surface area contributed by atoms with Crippen LogP contribution in [-0.2, 0) is 10.2 Å². The molecule has 0 fully saturated rings. The normalized spacial score (nSPS) is 15.9. The minimum absolute atomic E-state index is 0.325. The van der Waals surface area contributed by atoms with Crippen LogP contribution in [0.25, 0.3) is 6.08 Å². The number of esters is 1. The molecule has 0 amide bonds. The Hall–Kier alpha value is -2.03. The van der Waals surface area contributed by atoms with E-state index in [1.807, 2.05) is 58.1 Å². The maximum Gasteiger partial charge on any atom is 0.308 e. The molecule has 0 bridgehead atoms. The van der Waals surface area contributed by atoms with Crippen molar-refractivity contribution in [3.05, 3.63) is 42.0 Å². The number of benzene rings is 1. The highest BCUT2D eigenvalue weighted by Gasteiger charge is 2.28. The number of hydrogen-bond donors (Lipinski definition) is 0. The number of carbonyl (C=O) groups excluding carboxylic acids is 1. The summed E-state index contributed by atoms with van der Waals surface area (Å²) in [4.78, 5) is 11.4. The van der Waals surface area contributed by atoms with Gasteiger partial charge in [0.15, 0.2) is 0 Å². The molecule has 0 aliphatic carbocycles. The van der Waals surface area contributed by atoms with Crippen LogP contribution in [0.15, 0.2) is 30.9 Å². The quantitative estimate of drug-likeness (QED) is 0.473. The Morgan fingerprint density at radius 3 is 2.62 bits per heavy atom. The molecule has 3 nitrogen and oxygen atoms in total. The fourth-order valence-corrected chi connectivity index (χ4v) is 2.25. The van der Waals surface area contributed by atoms with Gasteiger partial charge in [-0.15, -0.1) is 6.58 Å². The molecule has 0 atom stereocenters. The van der Waals surface area contributed by atoms with Crippen LogP contribution in [0.4, 0.5) is 0 Å². The van der Waals surface area contributed by atoms with Crippen LogP contribution in [0.3, 0.4) is 0 Å². The van der Waals surface area contributed by atoms with Crippen molar-refractivity contribution in [2.75, 3.05) is 0 Å². The van der Waals surface area contributed by atoms with E-state index in [-0.39, 0.29) is 17.0 Å². The number of hydrogen-bond acceptors (Lipinski definition) is 3. The van der Waals surface area contributed by atoms with E-state index >= 15 is 0 Å². The SMILES string of the molecule is C=CC(C)(C)c1cc2c(cc1OC(C)=O)C=CC(C)(C)O2. The molecular weight excluding hydrogens is 264 g/mol. The highest BCUT2D eigenvalue weighted by molar-refractivity contribution is 5.72. The Morgan fingerprint density at radius 1 is 1.38 bits per heavy atom. The van der Waals surface area contributed by atoms with Gasteiger partial charge in [0.2, 0.25) is 0 Å². The molecule has 1 aromatic rings. The van der Waals surface area contributed by atoms with Crippen LogP contribution in [0.2, 0.25) is 0 Å². The molecule has 2 rings (SSSR count). The van der Waals surface area contributed by atoms with Crippen molar-refractivity contribution in [2.45, 2.75) is 45.6 Å². The topological polar surface area (TPSA) is 35.5 Å². The molecule has 21 heavy (non-hydrogen) atoms. The Kier molecular flexibility index (Phi) is 3.70. The van der Waals surface area contributed by atoms with E-state index in [9.17, 15) is 4.79 Å². The lowest BCUT2D eigenvalue weighted by molar-refractivity contribution is -0.131. The fourth-order valence-electron chi connectivity index (χ4n) is 2.25. The Balaban J connectivity index is 2.60. The van der Waals surface area contributed by atoms with Crippen molar-refractivity contribution in [1.29, 1.82) is 0 Å². The number of rotatable bonds is 3. The summed E-state index contributed by atoms with van der Waals surface area (Å²) < 4.78 is 11.4. The van der Waals surface area contributed by atoms with Crippen LogP contribution in [-0.4, -0.2) is 11.6 Å². The van der Waals surface area contributed by atoms with Gasteiger partial charge in [0.05, 0.1) is 0 Å². The lowest BCUT2D eigenvalue weighted by Crippen LogP contribution is -2.28. The van der Waals surface area contributed by atoms with E-state index in [1.165, 1.54) is 6.92 Å². The van der Waals surface area contributed by atoms with Gasteiger partial charge in [0.25, 0.3) is 0 Å². The summed E-state index contributed by atoms with van der Waals surface area (Å²) in [7, 11) is 0. The molecule has 0 radical (unpaired) electrons. The second kappa shape index (κ2) is 5.06. The maximum absolute atomic E-state index is 11.4. The molecule has 0 spiro atoms. The molecule has 0 N–H and O–H groups in total. The number of carbonyl (C=O) groups is 1. The van der Waals surface area contributed by atoms with E-state index in [0.717, 1.165) is 16.9 Å². The number of fused-ring (bicyclic) bond motifs is 1. The van der Waals surface area contributed by atoms with Gasteiger partial charge in [-0.3, -0.25) is 4.79 Å². The molecule has 0 saturated heterocycles. The van der Waals surface area contributed by atoms with Crippen LogP contribution >= 0.6 is 0 Å². The molecule has 1 aliphatic heterocycles. The van der Waals surface area contributed by atoms with Gasteiger partial charge in [-0.2, -0.15) is 0 Å². The largest absolute Gasteiger partial charge is 0.483 e. The van der Waals surface area contributed by atoms with Crippen LogP contribution in [0, 0.1) is 0 Å². The molecule has 3 heteroatoms. The Bertz CT molecular complexity index is 622. The predicted octanol–water partition coefficient (Wildman–Crippen LogP) is 4.26. The number of allylic oxidation sites excluding steroid dienone is 1. The van der Waals surface area contributed by atoms with E-state index in [2.05, 4.69) is 6.58 Å². The van der Waals surface area contributed by atoms with E-state index in [1.54, 1.807) is 0 Å². The first-order valence-electron chi connectivity index (χ1n) is 7.03. The smallest absolute Gasteiger partial charge is 0.308 e. The Morgan fingerprint density at radius 2 is 2.05 bits per heavy atom. The third-order valence-corrected chi connectivity index (χ3v) is 3.61. The minimum atomic E-state index is -0.342. The van der Waals surface area contributed by atoms with Gasteiger partial charge in [-0.25, -0.2) is 0 Å². The summed E-state index contributed by atoms with van der Waals surface area (Å²) in [5.74, 6) is 1.01. The number of ether oxygens (including phenoxy) is 2. The van der Waals surface area contributed by atoms with Crippen molar-refractivity contribution >= 4 is 12.0 Å². The van der Waals surface area contributed by atoms with Crippen molar-refractivity contribution in [2.24, 2.45) is 0 Å². The monoisotopic (exact) mass is 286 g/mol. The standard InChI is InChI=1S/C18H22O3/c1-7-17(3,4)14-11-15-13(8-9-18(5,6)21-15)10-16(14)20-12(2)19/h7-11H,1H2,2-6H3. The van der Waals surface area contributed by atoms with E-state index in [0.29, 0.717) is 5.75 Å². The summed E-state index contributed by atoms with van der Waals surface area (Å²) in [6, 6.07) is 3.80. The molecule has 1 heterocycles. The first kappa shape index (κ1) is 15.4. The van der Waals surface area contributed by atoms with E-state index in [4.69, 9.17) is 9.47 Å². The summed E-state index contributed by atoms with van der Waals surface area (Å²) >= 11 is 0. The average Bonchev–Trinajstić information content (AvgIpc) is 2.37. The highest BCUT2D eigenvalue weighted by atomic mass is 16.5. The van der Waals surface area contributed by atoms with Gasteiger partial charge >= 0.3 is 5.97 Å². The summed E-state index contributed by atoms with van der Waals surface area (Å²) in [5.41, 5.74) is 1.13. The lowest BCUT2D eigenvalue weighted by atomic mass is 9.83. The molecular formula is C18H22O3. The lowest BCUT2D eigenvalue weighted by Gasteiger charge is -2.31. The summed E-state index contributed by atoms with van der Waals surface area (Å²) in [5, 5.41) is 0. The van der Waals surface area contributed by atoms with Crippen molar-refractivity contribution in [3.8, 4) is 11.5 Å². The zero-order valence-corrected chi connectivity index (χ0v) is 13.3. The van der Waals surface area contributed by atoms with Crippen molar-refractivity contribution in [3.63, 3.8) is 0 Å².